The largest absolute Gasteiger partial charge is 0.480 e. The number of carboxylic acid groups (broad SMARTS) is 1. The van der Waals surface area contributed by atoms with E-state index in [1.165, 1.54) is 11.9 Å². The fourth-order valence-electron chi connectivity index (χ4n) is 1.44. The third-order valence-corrected chi connectivity index (χ3v) is 3.17. The Morgan fingerprint density at radius 1 is 1.35 bits per heavy atom. The lowest BCUT2D eigenvalue weighted by atomic mass is 10.1. The van der Waals surface area contributed by atoms with Crippen LogP contribution in [0.1, 0.15) is 5.56 Å². The molecule has 0 aliphatic rings. The molecular formula is C12H15NO3S. The molecule has 0 radical (unpaired) electrons. The van der Waals surface area contributed by atoms with Gasteiger partial charge in [0.1, 0.15) is 6.54 Å². The minimum absolute atomic E-state index is 0.186. The second-order valence-corrected chi connectivity index (χ2v) is 4.48. The Morgan fingerprint density at radius 2 is 2.00 bits per heavy atom. The lowest BCUT2D eigenvalue weighted by molar-refractivity contribution is -0.143. The first-order chi connectivity index (χ1) is 8.04. The van der Waals surface area contributed by atoms with Gasteiger partial charge in [-0.3, -0.25) is 9.59 Å². The maximum atomic E-state index is 11.8. The zero-order valence-electron chi connectivity index (χ0n) is 9.84. The van der Waals surface area contributed by atoms with Crippen molar-refractivity contribution in [3.05, 3.63) is 29.8 Å². The predicted molar refractivity (Wildman–Crippen MR) is 67.2 cm³/mol. The predicted octanol–water partition coefficient (Wildman–Crippen LogP) is 1.49. The van der Waals surface area contributed by atoms with Crippen LogP contribution >= 0.6 is 11.8 Å². The van der Waals surface area contributed by atoms with Gasteiger partial charge in [0.05, 0.1) is 6.42 Å². The van der Waals surface area contributed by atoms with Crippen LogP contribution in [0, 0.1) is 0 Å². The van der Waals surface area contributed by atoms with Gasteiger partial charge in [0.25, 0.3) is 0 Å². The summed E-state index contributed by atoms with van der Waals surface area (Å²) in [5.41, 5.74) is 0.933. The number of likely N-dealkylation sites (N-methyl/N-ethyl adjacent to an activating group) is 1. The van der Waals surface area contributed by atoms with Crippen LogP contribution in [0.4, 0.5) is 0 Å². The van der Waals surface area contributed by atoms with Crippen LogP contribution in [0.5, 0.6) is 0 Å². The summed E-state index contributed by atoms with van der Waals surface area (Å²) >= 11 is 1.58. The Kier molecular flexibility index (Phi) is 5.03. The molecule has 0 heterocycles. The van der Waals surface area contributed by atoms with Crippen LogP contribution < -0.4 is 0 Å². The molecule has 0 aromatic heterocycles. The number of carbonyl (C=O) groups excluding carboxylic acids is 1. The molecule has 0 saturated carbocycles. The van der Waals surface area contributed by atoms with Crippen molar-refractivity contribution in [1.82, 2.24) is 4.90 Å². The summed E-state index contributed by atoms with van der Waals surface area (Å²) in [6, 6.07) is 7.63. The van der Waals surface area contributed by atoms with Crippen molar-refractivity contribution in [2.75, 3.05) is 19.8 Å². The van der Waals surface area contributed by atoms with E-state index in [9.17, 15) is 9.59 Å². The van der Waals surface area contributed by atoms with Crippen LogP contribution in [0.2, 0.25) is 0 Å². The minimum Gasteiger partial charge on any atom is -0.480 e. The molecule has 1 aromatic rings. The highest BCUT2D eigenvalue weighted by molar-refractivity contribution is 7.98. The molecular weight excluding hydrogens is 238 g/mol. The number of aliphatic carboxylic acids is 1. The smallest absolute Gasteiger partial charge is 0.323 e. The Labute approximate surface area is 105 Å². The van der Waals surface area contributed by atoms with E-state index in [0.29, 0.717) is 0 Å². The normalized spacial score (nSPS) is 10.0. The van der Waals surface area contributed by atoms with Gasteiger partial charge in [0, 0.05) is 11.9 Å². The molecule has 1 amide bonds. The number of hydrogen-bond acceptors (Lipinski definition) is 3. The molecule has 1 aromatic carbocycles. The number of rotatable bonds is 5. The molecule has 0 saturated heterocycles. The van der Waals surface area contributed by atoms with Gasteiger partial charge in [-0.25, -0.2) is 0 Å². The molecule has 0 spiro atoms. The van der Waals surface area contributed by atoms with Gasteiger partial charge < -0.3 is 10.0 Å². The molecule has 0 fully saturated rings. The molecule has 92 valence electrons. The first-order valence-electron chi connectivity index (χ1n) is 5.12. The summed E-state index contributed by atoms with van der Waals surface area (Å²) in [4.78, 5) is 24.5. The molecule has 17 heavy (non-hydrogen) atoms. The summed E-state index contributed by atoms with van der Waals surface area (Å²) in [5, 5.41) is 8.60. The van der Waals surface area contributed by atoms with Gasteiger partial charge in [0.15, 0.2) is 0 Å². The Balaban J connectivity index is 2.70. The van der Waals surface area contributed by atoms with Crippen LogP contribution in [-0.2, 0) is 16.0 Å². The van der Waals surface area contributed by atoms with Gasteiger partial charge in [-0.1, -0.05) is 18.2 Å². The first kappa shape index (κ1) is 13.6. The van der Waals surface area contributed by atoms with E-state index in [1.54, 1.807) is 11.8 Å². The second-order valence-electron chi connectivity index (χ2n) is 3.63. The summed E-state index contributed by atoms with van der Waals surface area (Å²) in [7, 11) is 1.50. The van der Waals surface area contributed by atoms with Crippen molar-refractivity contribution in [2.24, 2.45) is 0 Å². The minimum atomic E-state index is -1.00. The lowest BCUT2D eigenvalue weighted by Gasteiger charge is -2.15. The Hall–Kier alpha value is -1.49. The molecule has 5 heteroatoms. The van der Waals surface area contributed by atoms with Crippen LogP contribution in [0.15, 0.2) is 29.2 Å². The van der Waals surface area contributed by atoms with Crippen LogP contribution in [0.3, 0.4) is 0 Å². The highest BCUT2D eigenvalue weighted by Gasteiger charge is 2.13. The number of hydrogen-bond donors (Lipinski definition) is 1. The number of thioether (sulfide) groups is 1. The summed E-state index contributed by atoms with van der Waals surface area (Å²) in [6.45, 7) is -0.264. The maximum absolute atomic E-state index is 11.8. The van der Waals surface area contributed by atoms with E-state index in [1.807, 2.05) is 30.5 Å². The van der Waals surface area contributed by atoms with Gasteiger partial charge in [-0.15, -0.1) is 11.8 Å². The fourth-order valence-corrected chi connectivity index (χ4v) is 2.06. The van der Waals surface area contributed by atoms with Crippen molar-refractivity contribution in [2.45, 2.75) is 11.3 Å². The molecule has 1 N–H and O–H groups in total. The topological polar surface area (TPSA) is 57.6 Å². The van der Waals surface area contributed by atoms with Crippen molar-refractivity contribution in [3.63, 3.8) is 0 Å². The highest BCUT2D eigenvalue weighted by atomic mass is 32.2. The fraction of sp³-hybridized carbons (Fsp3) is 0.333. The third kappa shape index (κ3) is 4.11. The Bertz CT molecular complexity index is 420. The number of amides is 1. The van der Waals surface area contributed by atoms with Gasteiger partial charge in [0.2, 0.25) is 5.91 Å². The molecule has 4 nitrogen and oxygen atoms in total. The molecule has 0 aliphatic carbocycles. The molecule has 0 aliphatic heterocycles. The SMILES string of the molecule is CSc1ccccc1CC(=O)N(C)CC(=O)O. The van der Waals surface area contributed by atoms with Crippen molar-refractivity contribution in [1.29, 1.82) is 0 Å². The van der Waals surface area contributed by atoms with E-state index in [4.69, 9.17) is 5.11 Å². The van der Waals surface area contributed by atoms with E-state index < -0.39 is 5.97 Å². The molecule has 0 atom stereocenters. The molecule has 0 bridgehead atoms. The van der Waals surface area contributed by atoms with E-state index in [0.717, 1.165) is 10.5 Å². The van der Waals surface area contributed by atoms with Crippen molar-refractivity contribution < 1.29 is 14.7 Å². The monoisotopic (exact) mass is 253 g/mol. The van der Waals surface area contributed by atoms with Crippen molar-refractivity contribution in [3.8, 4) is 0 Å². The van der Waals surface area contributed by atoms with E-state index in [-0.39, 0.29) is 18.9 Å². The molecule has 0 unspecified atom stereocenters. The van der Waals surface area contributed by atoms with Gasteiger partial charge >= 0.3 is 5.97 Å². The quantitative estimate of drug-likeness (QED) is 0.808. The average molecular weight is 253 g/mol. The number of carbonyl (C=O) groups is 2. The maximum Gasteiger partial charge on any atom is 0.323 e. The number of benzene rings is 1. The zero-order chi connectivity index (χ0) is 12.8. The van der Waals surface area contributed by atoms with E-state index in [2.05, 4.69) is 0 Å². The standard InChI is InChI=1S/C12H15NO3S/c1-13(8-12(15)16)11(14)7-9-5-3-4-6-10(9)17-2/h3-6H,7-8H2,1-2H3,(H,15,16). The van der Waals surface area contributed by atoms with Gasteiger partial charge in [-0.2, -0.15) is 0 Å². The van der Waals surface area contributed by atoms with E-state index >= 15 is 0 Å². The third-order valence-electron chi connectivity index (χ3n) is 2.33. The first-order valence-corrected chi connectivity index (χ1v) is 6.34. The number of nitrogens with zero attached hydrogens (tertiary/aromatic N) is 1. The summed E-state index contributed by atoms with van der Waals surface area (Å²) in [5.74, 6) is -1.19. The van der Waals surface area contributed by atoms with Gasteiger partial charge in [-0.05, 0) is 17.9 Å². The van der Waals surface area contributed by atoms with Crippen LogP contribution in [-0.4, -0.2) is 41.7 Å². The Morgan fingerprint density at radius 3 is 2.59 bits per heavy atom. The highest BCUT2D eigenvalue weighted by Crippen LogP contribution is 2.20. The summed E-state index contributed by atoms with van der Waals surface area (Å²) in [6.07, 6.45) is 2.19. The lowest BCUT2D eigenvalue weighted by Crippen LogP contribution is -2.33. The molecule has 1 rings (SSSR count). The zero-order valence-corrected chi connectivity index (χ0v) is 10.7. The number of carboxylic acids is 1. The summed E-state index contributed by atoms with van der Waals surface area (Å²) < 4.78 is 0. The average Bonchev–Trinajstić information content (AvgIpc) is 2.28. The van der Waals surface area contributed by atoms with Crippen LogP contribution in [0.25, 0.3) is 0 Å². The second kappa shape index (κ2) is 6.30. The van der Waals surface area contributed by atoms with Crippen molar-refractivity contribution >= 4 is 23.6 Å².